The molecule has 0 saturated carbocycles. The summed E-state index contributed by atoms with van der Waals surface area (Å²) in [6.07, 6.45) is 0. The van der Waals surface area contributed by atoms with E-state index >= 15 is 0 Å². The molecule has 35 heavy (non-hydrogen) atoms. The Hall–Kier alpha value is -3.56. The predicted molar refractivity (Wildman–Crippen MR) is 137 cm³/mol. The van der Waals surface area contributed by atoms with Crippen LogP contribution in [0.25, 0.3) is 0 Å². The zero-order valence-electron chi connectivity index (χ0n) is 20.0. The maximum Gasteiger partial charge on any atom is 0.264 e. The summed E-state index contributed by atoms with van der Waals surface area (Å²) in [6, 6.07) is 17.2. The lowest BCUT2D eigenvalue weighted by molar-refractivity contribution is 0.102. The summed E-state index contributed by atoms with van der Waals surface area (Å²) >= 11 is 0. The fourth-order valence-electron chi connectivity index (χ4n) is 4.05. The van der Waals surface area contributed by atoms with E-state index in [0.29, 0.717) is 54.7 Å². The minimum Gasteiger partial charge on any atom is -0.497 e. The first-order valence-electron chi connectivity index (χ1n) is 11.3. The van der Waals surface area contributed by atoms with Crippen LogP contribution >= 0.6 is 0 Å². The third kappa shape index (κ3) is 5.93. The van der Waals surface area contributed by atoms with E-state index in [-0.39, 0.29) is 10.8 Å². The molecule has 0 bridgehead atoms. The molecule has 9 heteroatoms. The van der Waals surface area contributed by atoms with Gasteiger partial charge in [-0.2, -0.15) is 0 Å². The Balaban J connectivity index is 1.67. The molecule has 3 aromatic rings. The molecule has 0 aromatic heterocycles. The summed E-state index contributed by atoms with van der Waals surface area (Å²) in [7, 11) is -2.43. The van der Waals surface area contributed by atoms with Crippen molar-refractivity contribution in [3.63, 3.8) is 0 Å². The van der Waals surface area contributed by atoms with Crippen LogP contribution < -0.4 is 19.7 Å². The summed E-state index contributed by atoms with van der Waals surface area (Å²) in [5, 5.41) is 2.84. The second-order valence-corrected chi connectivity index (χ2v) is 10.1. The molecule has 1 aliphatic rings. The van der Waals surface area contributed by atoms with Gasteiger partial charge in [0.1, 0.15) is 10.6 Å². The topological polar surface area (TPSA) is 97.0 Å². The second kappa shape index (κ2) is 10.4. The van der Waals surface area contributed by atoms with Gasteiger partial charge in [0.2, 0.25) is 0 Å². The molecule has 0 unspecified atom stereocenters. The van der Waals surface area contributed by atoms with Gasteiger partial charge in [0.15, 0.2) is 0 Å². The number of carbonyl (C=O) groups is 1. The number of ether oxygens (including phenoxy) is 2. The number of hydrogen-bond donors (Lipinski definition) is 2. The van der Waals surface area contributed by atoms with Gasteiger partial charge in [-0.25, -0.2) is 8.42 Å². The van der Waals surface area contributed by atoms with E-state index in [1.165, 1.54) is 6.07 Å². The van der Waals surface area contributed by atoms with Crippen molar-refractivity contribution < 1.29 is 22.7 Å². The first-order valence-corrected chi connectivity index (χ1v) is 12.8. The molecule has 1 heterocycles. The van der Waals surface area contributed by atoms with Crippen molar-refractivity contribution in [2.75, 3.05) is 48.4 Å². The van der Waals surface area contributed by atoms with Crippen molar-refractivity contribution in [3.05, 3.63) is 77.4 Å². The van der Waals surface area contributed by atoms with Gasteiger partial charge in [-0.3, -0.25) is 9.52 Å². The summed E-state index contributed by atoms with van der Waals surface area (Å²) in [6.45, 7) is 6.01. The van der Waals surface area contributed by atoms with Gasteiger partial charge in [0.25, 0.3) is 15.9 Å². The van der Waals surface area contributed by atoms with Crippen LogP contribution in [-0.2, 0) is 14.8 Å². The number of nitrogens with zero attached hydrogens (tertiary/aromatic N) is 1. The van der Waals surface area contributed by atoms with Crippen molar-refractivity contribution in [1.82, 2.24) is 0 Å². The molecule has 1 saturated heterocycles. The SMILES string of the molecule is COc1ccc(NS(=O)(=O)c2cc(NC(=O)c3cc(C)cc(C)c3)ccc2N2CCOCC2)cc1. The summed E-state index contributed by atoms with van der Waals surface area (Å²) in [5.41, 5.74) is 3.82. The highest BCUT2D eigenvalue weighted by Gasteiger charge is 2.25. The van der Waals surface area contributed by atoms with Crippen molar-refractivity contribution in [1.29, 1.82) is 0 Å². The van der Waals surface area contributed by atoms with E-state index < -0.39 is 10.0 Å². The van der Waals surface area contributed by atoms with Crippen LogP contribution in [-0.4, -0.2) is 47.7 Å². The normalized spacial score (nSPS) is 13.9. The zero-order chi connectivity index (χ0) is 25.0. The van der Waals surface area contributed by atoms with E-state index in [4.69, 9.17) is 9.47 Å². The van der Waals surface area contributed by atoms with Crippen LogP contribution in [0.1, 0.15) is 21.5 Å². The lowest BCUT2D eigenvalue weighted by Gasteiger charge is -2.30. The number of aryl methyl sites for hydroxylation is 2. The lowest BCUT2D eigenvalue weighted by atomic mass is 10.1. The van der Waals surface area contributed by atoms with Gasteiger partial charge in [-0.05, 0) is 68.4 Å². The minimum atomic E-state index is -3.97. The van der Waals surface area contributed by atoms with Crippen LogP contribution in [0.3, 0.4) is 0 Å². The minimum absolute atomic E-state index is 0.0773. The number of benzene rings is 3. The standard InChI is InChI=1S/C26H29N3O5S/c1-18-14-19(2)16-20(15-18)26(30)27-22-6-9-24(29-10-12-34-13-11-29)25(17-22)35(31,32)28-21-4-7-23(33-3)8-5-21/h4-9,14-17,28H,10-13H2,1-3H3,(H,27,30). The van der Waals surface area contributed by atoms with E-state index in [2.05, 4.69) is 10.0 Å². The smallest absolute Gasteiger partial charge is 0.264 e. The zero-order valence-corrected chi connectivity index (χ0v) is 20.8. The van der Waals surface area contributed by atoms with Crippen LogP contribution in [0.4, 0.5) is 17.1 Å². The van der Waals surface area contributed by atoms with Crippen LogP contribution in [0.15, 0.2) is 65.6 Å². The highest BCUT2D eigenvalue weighted by molar-refractivity contribution is 7.92. The molecule has 4 rings (SSSR count). The van der Waals surface area contributed by atoms with Crippen LogP contribution in [0.5, 0.6) is 5.75 Å². The molecule has 1 amide bonds. The van der Waals surface area contributed by atoms with Crippen molar-refractivity contribution >= 4 is 33.0 Å². The van der Waals surface area contributed by atoms with Gasteiger partial charge >= 0.3 is 0 Å². The molecule has 8 nitrogen and oxygen atoms in total. The average Bonchev–Trinajstić information content (AvgIpc) is 2.84. The third-order valence-corrected chi connectivity index (χ3v) is 7.10. The maximum atomic E-state index is 13.5. The third-order valence-electron chi connectivity index (χ3n) is 5.69. The van der Waals surface area contributed by atoms with Crippen LogP contribution in [0.2, 0.25) is 0 Å². The molecule has 0 spiro atoms. The fourth-order valence-corrected chi connectivity index (χ4v) is 5.36. The van der Waals surface area contributed by atoms with Crippen molar-refractivity contribution in [2.45, 2.75) is 18.7 Å². The van der Waals surface area contributed by atoms with Crippen molar-refractivity contribution in [3.8, 4) is 5.75 Å². The number of nitrogens with one attached hydrogen (secondary N) is 2. The number of rotatable bonds is 7. The number of morpholine rings is 1. The first kappa shape index (κ1) is 24.6. The van der Waals surface area contributed by atoms with Gasteiger partial charge in [-0.15, -0.1) is 0 Å². The molecule has 184 valence electrons. The van der Waals surface area contributed by atoms with Gasteiger partial charge in [0, 0.05) is 30.0 Å². The molecule has 2 N–H and O–H groups in total. The summed E-state index contributed by atoms with van der Waals surface area (Å²) in [5.74, 6) is 0.320. The number of amides is 1. The summed E-state index contributed by atoms with van der Waals surface area (Å²) in [4.78, 5) is 15.0. The fraction of sp³-hybridized carbons (Fsp3) is 0.269. The lowest BCUT2D eigenvalue weighted by Crippen LogP contribution is -2.37. The quantitative estimate of drug-likeness (QED) is 0.510. The van der Waals surface area contributed by atoms with Gasteiger partial charge in [0.05, 0.1) is 26.0 Å². The van der Waals surface area contributed by atoms with Crippen LogP contribution in [0, 0.1) is 13.8 Å². The van der Waals surface area contributed by atoms with E-state index in [1.807, 2.05) is 24.8 Å². The Labute approximate surface area is 205 Å². The largest absolute Gasteiger partial charge is 0.497 e. The van der Waals surface area contributed by atoms with Gasteiger partial charge in [-0.1, -0.05) is 17.2 Å². The Morgan fingerprint density at radius 2 is 1.54 bits per heavy atom. The number of carbonyl (C=O) groups excluding carboxylic acids is 1. The van der Waals surface area contributed by atoms with E-state index in [0.717, 1.165) is 11.1 Å². The first-order chi connectivity index (χ1) is 16.7. The predicted octanol–water partition coefficient (Wildman–Crippen LogP) is 4.20. The number of anilines is 3. The Kier molecular flexibility index (Phi) is 7.28. The molecule has 0 aliphatic carbocycles. The molecular weight excluding hydrogens is 466 g/mol. The maximum absolute atomic E-state index is 13.5. The highest BCUT2D eigenvalue weighted by Crippen LogP contribution is 2.31. The molecule has 3 aromatic carbocycles. The molecule has 1 aliphatic heterocycles. The average molecular weight is 496 g/mol. The van der Waals surface area contributed by atoms with E-state index in [9.17, 15) is 13.2 Å². The monoisotopic (exact) mass is 495 g/mol. The molecule has 0 radical (unpaired) electrons. The Morgan fingerprint density at radius 1 is 0.914 bits per heavy atom. The van der Waals surface area contributed by atoms with Gasteiger partial charge < -0.3 is 19.7 Å². The highest BCUT2D eigenvalue weighted by atomic mass is 32.2. The molecule has 1 fully saturated rings. The molecule has 0 atom stereocenters. The summed E-state index contributed by atoms with van der Waals surface area (Å²) < 4.78 is 40.2. The van der Waals surface area contributed by atoms with Crippen molar-refractivity contribution in [2.24, 2.45) is 0 Å². The molecular formula is C26H29N3O5S. The number of sulfonamides is 1. The number of hydrogen-bond acceptors (Lipinski definition) is 6. The second-order valence-electron chi connectivity index (χ2n) is 8.45. The Bertz CT molecular complexity index is 1300. The van der Waals surface area contributed by atoms with E-state index in [1.54, 1.807) is 55.6 Å². The Morgan fingerprint density at radius 3 is 2.17 bits per heavy atom. The number of methoxy groups -OCH3 is 1.